The van der Waals surface area contributed by atoms with Crippen LogP contribution in [0.25, 0.3) is 0 Å². The Bertz CT molecular complexity index is 1040. The van der Waals surface area contributed by atoms with Gasteiger partial charge in [0.1, 0.15) is 11.6 Å². The van der Waals surface area contributed by atoms with Crippen molar-refractivity contribution in [1.29, 1.82) is 0 Å². The molecule has 36 heavy (non-hydrogen) atoms. The van der Waals surface area contributed by atoms with Crippen molar-refractivity contribution in [2.75, 3.05) is 54.5 Å². The molecule has 5 rings (SSSR count). The zero-order chi connectivity index (χ0) is 25.0. The second-order valence-electron chi connectivity index (χ2n) is 10.3. The maximum Gasteiger partial charge on any atom is 0.232 e. The second-order valence-corrected chi connectivity index (χ2v) is 11.2. The number of morpholine rings is 1. The molecule has 2 saturated heterocycles. The van der Waals surface area contributed by atoms with Gasteiger partial charge in [-0.15, -0.1) is 0 Å². The predicted molar refractivity (Wildman–Crippen MR) is 152 cm³/mol. The molecule has 0 radical (unpaired) electrons. The van der Waals surface area contributed by atoms with Crippen molar-refractivity contribution < 1.29 is 4.74 Å². The zero-order valence-corrected chi connectivity index (χ0v) is 22.7. The van der Waals surface area contributed by atoms with Gasteiger partial charge in [0, 0.05) is 48.7 Å². The van der Waals surface area contributed by atoms with E-state index in [2.05, 4.69) is 45.6 Å². The van der Waals surface area contributed by atoms with Gasteiger partial charge in [0.15, 0.2) is 5.11 Å². The van der Waals surface area contributed by atoms with Crippen LogP contribution in [0.2, 0.25) is 5.02 Å². The quantitative estimate of drug-likeness (QED) is 0.499. The highest BCUT2D eigenvalue weighted by atomic mass is 35.5. The van der Waals surface area contributed by atoms with Crippen LogP contribution in [0, 0.1) is 0 Å². The molecule has 3 aliphatic rings. The molecule has 7 nitrogen and oxygen atoms in total. The summed E-state index contributed by atoms with van der Waals surface area (Å²) in [7, 11) is 0. The van der Waals surface area contributed by atoms with E-state index in [1.807, 2.05) is 12.1 Å². The molecule has 3 fully saturated rings. The Morgan fingerprint density at radius 3 is 2.50 bits per heavy atom. The summed E-state index contributed by atoms with van der Waals surface area (Å²) >= 11 is 11.9. The van der Waals surface area contributed by atoms with Gasteiger partial charge in [0.05, 0.1) is 13.2 Å². The van der Waals surface area contributed by atoms with E-state index in [9.17, 15) is 0 Å². The molecule has 0 bridgehead atoms. The third kappa shape index (κ3) is 5.87. The number of hydrogen-bond acceptors (Lipinski definition) is 6. The average molecular weight is 529 g/mol. The lowest BCUT2D eigenvalue weighted by molar-refractivity contribution is 0.122. The molecule has 0 unspecified atom stereocenters. The summed E-state index contributed by atoms with van der Waals surface area (Å²) in [5.74, 6) is 2.45. The second kappa shape index (κ2) is 11.5. The largest absolute Gasteiger partial charge is 0.378 e. The molecule has 9 heteroatoms. The van der Waals surface area contributed by atoms with E-state index in [4.69, 9.17) is 38.5 Å². The molecule has 0 amide bonds. The Morgan fingerprint density at radius 2 is 1.78 bits per heavy atom. The van der Waals surface area contributed by atoms with Crippen LogP contribution in [-0.2, 0) is 10.2 Å². The normalized spacial score (nSPS) is 21.9. The Kier molecular flexibility index (Phi) is 8.13. The molecule has 1 aromatic carbocycles. The van der Waals surface area contributed by atoms with Crippen molar-refractivity contribution in [2.24, 2.45) is 0 Å². The van der Waals surface area contributed by atoms with E-state index in [0.717, 1.165) is 68.9 Å². The molecule has 2 N–H and O–H groups in total. The molecule has 1 saturated carbocycles. The number of benzene rings is 1. The molecule has 2 aliphatic heterocycles. The van der Waals surface area contributed by atoms with Crippen molar-refractivity contribution in [3.8, 4) is 0 Å². The molecule has 2 aromatic rings. The van der Waals surface area contributed by atoms with Gasteiger partial charge in [-0.05, 0) is 68.9 Å². The fourth-order valence-electron chi connectivity index (χ4n) is 5.84. The highest BCUT2D eigenvalue weighted by Gasteiger charge is 2.35. The van der Waals surface area contributed by atoms with E-state index in [1.165, 1.54) is 37.7 Å². The Labute approximate surface area is 225 Å². The number of nitrogens with zero attached hydrogens (tertiary/aromatic N) is 4. The lowest BCUT2D eigenvalue weighted by Crippen LogP contribution is -2.42. The van der Waals surface area contributed by atoms with Crippen LogP contribution in [0.15, 0.2) is 30.3 Å². The summed E-state index contributed by atoms with van der Waals surface area (Å²) in [5, 5.41) is 8.14. The molecular weight excluding hydrogens is 492 g/mol. The first kappa shape index (κ1) is 25.5. The highest BCUT2D eigenvalue weighted by Crippen LogP contribution is 2.41. The maximum atomic E-state index is 6.15. The van der Waals surface area contributed by atoms with E-state index >= 15 is 0 Å². The van der Waals surface area contributed by atoms with E-state index in [0.29, 0.717) is 17.1 Å². The van der Waals surface area contributed by atoms with E-state index in [-0.39, 0.29) is 5.41 Å². The van der Waals surface area contributed by atoms with Crippen molar-refractivity contribution in [2.45, 2.75) is 63.3 Å². The summed E-state index contributed by atoms with van der Waals surface area (Å²) in [6.07, 6.45) is 8.39. The standard InChI is InChI=1S/C27H37ClN6OS/c1-20-6-2-5-13-34(20)24-18-23(33-14-16-35-17-15-33)30-25(31-24)32-26(36)29-19-27(11-3-4-12-27)21-7-9-22(28)10-8-21/h7-10,18,20H,2-6,11-17,19H2,1H3,(H2,29,30,31,32,36)/t20-/m0/s1. The smallest absolute Gasteiger partial charge is 0.232 e. The number of aromatic nitrogens is 2. The van der Waals surface area contributed by atoms with E-state index < -0.39 is 0 Å². The molecule has 3 heterocycles. The van der Waals surface area contributed by atoms with Gasteiger partial charge in [-0.2, -0.15) is 9.97 Å². The van der Waals surface area contributed by atoms with Gasteiger partial charge in [-0.25, -0.2) is 0 Å². The Balaban J connectivity index is 1.32. The van der Waals surface area contributed by atoms with Crippen molar-refractivity contribution >= 4 is 46.5 Å². The first-order chi connectivity index (χ1) is 17.5. The van der Waals surface area contributed by atoms with Gasteiger partial charge in [-0.3, -0.25) is 0 Å². The topological polar surface area (TPSA) is 65.6 Å². The lowest BCUT2D eigenvalue weighted by Gasteiger charge is -2.35. The number of hydrogen-bond donors (Lipinski definition) is 2. The van der Waals surface area contributed by atoms with E-state index in [1.54, 1.807) is 0 Å². The van der Waals surface area contributed by atoms with Crippen molar-refractivity contribution in [3.63, 3.8) is 0 Å². The third-order valence-electron chi connectivity index (χ3n) is 7.96. The molecule has 0 spiro atoms. The van der Waals surface area contributed by atoms with Crippen LogP contribution in [0.3, 0.4) is 0 Å². The SMILES string of the molecule is C[C@H]1CCCCN1c1cc(N2CCOCC2)nc(NC(=S)NCC2(c3ccc(Cl)cc3)CCCC2)n1. The Hall–Kier alpha value is -2.16. The number of halogens is 1. The van der Waals surface area contributed by atoms with Crippen LogP contribution >= 0.6 is 23.8 Å². The predicted octanol–water partition coefficient (Wildman–Crippen LogP) is 5.14. The van der Waals surface area contributed by atoms with Crippen LogP contribution in [0.5, 0.6) is 0 Å². The van der Waals surface area contributed by atoms with Crippen LogP contribution < -0.4 is 20.4 Å². The molecular formula is C27H37ClN6OS. The molecule has 1 aliphatic carbocycles. The van der Waals surface area contributed by atoms with Crippen LogP contribution in [0.4, 0.5) is 17.6 Å². The fraction of sp³-hybridized carbons (Fsp3) is 0.593. The summed E-state index contributed by atoms with van der Waals surface area (Å²) in [5.41, 5.74) is 1.40. The first-order valence-corrected chi connectivity index (χ1v) is 14.1. The molecule has 194 valence electrons. The van der Waals surface area contributed by atoms with Gasteiger partial charge < -0.3 is 25.2 Å². The summed E-state index contributed by atoms with van der Waals surface area (Å²) in [4.78, 5) is 14.5. The minimum atomic E-state index is 0.0707. The number of anilines is 3. The zero-order valence-electron chi connectivity index (χ0n) is 21.1. The van der Waals surface area contributed by atoms with Gasteiger partial charge in [0.2, 0.25) is 5.95 Å². The van der Waals surface area contributed by atoms with Gasteiger partial charge in [-0.1, -0.05) is 36.6 Å². The summed E-state index contributed by atoms with van der Waals surface area (Å²) in [6.45, 7) is 7.18. The van der Waals surface area contributed by atoms with Gasteiger partial charge >= 0.3 is 0 Å². The molecule has 1 aromatic heterocycles. The van der Waals surface area contributed by atoms with Gasteiger partial charge in [0.25, 0.3) is 0 Å². The summed E-state index contributed by atoms with van der Waals surface area (Å²) in [6, 6.07) is 10.9. The fourth-order valence-corrected chi connectivity index (χ4v) is 6.13. The summed E-state index contributed by atoms with van der Waals surface area (Å²) < 4.78 is 5.56. The number of nitrogens with one attached hydrogen (secondary N) is 2. The van der Waals surface area contributed by atoms with Crippen molar-refractivity contribution in [1.82, 2.24) is 15.3 Å². The lowest BCUT2D eigenvalue weighted by atomic mass is 9.79. The first-order valence-electron chi connectivity index (χ1n) is 13.3. The molecule has 1 atom stereocenters. The number of thiocarbonyl (C=S) groups is 1. The van der Waals surface area contributed by atoms with Crippen molar-refractivity contribution in [3.05, 3.63) is 40.9 Å². The number of rotatable bonds is 6. The van der Waals surface area contributed by atoms with Crippen LogP contribution in [-0.4, -0.2) is 60.5 Å². The number of ether oxygens (including phenoxy) is 1. The monoisotopic (exact) mass is 528 g/mol. The minimum absolute atomic E-state index is 0.0707. The van der Waals surface area contributed by atoms with Crippen LogP contribution in [0.1, 0.15) is 57.4 Å². The third-order valence-corrected chi connectivity index (χ3v) is 8.46. The minimum Gasteiger partial charge on any atom is -0.378 e. The maximum absolute atomic E-state index is 6.15. The number of piperidine rings is 1. The Morgan fingerprint density at radius 1 is 1.06 bits per heavy atom. The highest BCUT2D eigenvalue weighted by molar-refractivity contribution is 7.80. The average Bonchev–Trinajstić information content (AvgIpc) is 3.39.